The largest absolute Gasteiger partial charge is 0.464 e. The lowest BCUT2D eigenvalue weighted by Crippen LogP contribution is -2.43. The Morgan fingerprint density at radius 2 is 1.94 bits per heavy atom. The number of carbonyl (C=O) groups is 1. The molecule has 1 heterocycles. The highest BCUT2D eigenvalue weighted by atomic mass is 32.2. The highest BCUT2D eigenvalue weighted by molar-refractivity contribution is 7.87. The second kappa shape index (κ2) is 13.9. The van der Waals surface area contributed by atoms with Crippen LogP contribution < -0.4 is 20.9 Å². The molecule has 0 aliphatic heterocycles. The Hall–Kier alpha value is -3.83. The molecule has 36 heavy (non-hydrogen) atoms. The van der Waals surface area contributed by atoms with Crippen LogP contribution in [0.2, 0.25) is 0 Å². The maximum absolute atomic E-state index is 12.9. The molecule has 1 aromatic heterocycles. The van der Waals surface area contributed by atoms with E-state index in [1.54, 1.807) is 49.6 Å². The molecular formula is C25H35N5O5S. The predicted octanol–water partition coefficient (Wildman–Crippen LogP) is 3.38. The molecule has 10 nitrogen and oxygen atoms in total. The average Bonchev–Trinajstić information content (AvgIpc) is 3.17. The van der Waals surface area contributed by atoms with Gasteiger partial charge in [-0.1, -0.05) is 30.8 Å². The normalized spacial score (nSPS) is 13.1. The standard InChI is InChI=1S/C22H29N5O5S.C3H6/c1-6-15(21(23)26-31-5)9-8-14(4)25-19(22(28)27-33(24,29)30)17-10-16(7-2)20-18(11-17)13(3)12-32-20;1-3-2/h6,8-12,19,25H,4,7H2,1-3,5H3,(H2,23,26)(H,27,28)(H2,24,29,30);3H,1H2,2H3/b9-8-,15-6+;. The molecule has 2 rings (SSSR count). The van der Waals surface area contributed by atoms with Crippen LogP contribution in [0.15, 0.2) is 76.7 Å². The number of hydrogen-bond donors (Lipinski definition) is 4. The van der Waals surface area contributed by atoms with Gasteiger partial charge in [0, 0.05) is 16.7 Å². The molecule has 11 heteroatoms. The van der Waals surface area contributed by atoms with Crippen LogP contribution in [0.5, 0.6) is 0 Å². The molecule has 0 fully saturated rings. The van der Waals surface area contributed by atoms with Crippen LogP contribution in [0.3, 0.4) is 0 Å². The quantitative estimate of drug-likeness (QED) is 0.123. The van der Waals surface area contributed by atoms with E-state index in [-0.39, 0.29) is 5.84 Å². The van der Waals surface area contributed by atoms with E-state index >= 15 is 0 Å². The van der Waals surface area contributed by atoms with Crippen LogP contribution in [0, 0.1) is 6.92 Å². The molecular weight excluding hydrogens is 482 g/mol. The first-order valence-corrected chi connectivity index (χ1v) is 12.6. The highest BCUT2D eigenvalue weighted by Gasteiger charge is 2.25. The van der Waals surface area contributed by atoms with Crippen molar-refractivity contribution in [2.75, 3.05) is 7.11 Å². The Morgan fingerprint density at radius 1 is 1.31 bits per heavy atom. The number of fused-ring (bicyclic) bond motifs is 1. The second-order valence-electron chi connectivity index (χ2n) is 7.59. The molecule has 0 radical (unpaired) electrons. The Kier molecular flexibility index (Phi) is 11.7. The van der Waals surface area contributed by atoms with Crippen LogP contribution in [0.1, 0.15) is 43.5 Å². The van der Waals surface area contributed by atoms with Gasteiger partial charge in [0.05, 0.1) is 6.26 Å². The minimum Gasteiger partial charge on any atom is -0.464 e. The van der Waals surface area contributed by atoms with Crippen LogP contribution in [-0.2, 0) is 26.3 Å². The third-order valence-electron chi connectivity index (χ3n) is 4.78. The summed E-state index contributed by atoms with van der Waals surface area (Å²) in [5.41, 5.74) is 9.69. The van der Waals surface area contributed by atoms with Gasteiger partial charge >= 0.3 is 0 Å². The fourth-order valence-electron chi connectivity index (χ4n) is 3.19. The summed E-state index contributed by atoms with van der Waals surface area (Å²) in [6.45, 7) is 14.8. The summed E-state index contributed by atoms with van der Waals surface area (Å²) >= 11 is 0. The first-order valence-electron chi connectivity index (χ1n) is 11.0. The Labute approximate surface area is 212 Å². The summed E-state index contributed by atoms with van der Waals surface area (Å²) in [5.74, 6) is -0.706. The lowest BCUT2D eigenvalue weighted by Gasteiger charge is -2.20. The monoisotopic (exact) mass is 517 g/mol. The molecule has 6 N–H and O–H groups in total. The van der Waals surface area contributed by atoms with Crippen LogP contribution in [0.25, 0.3) is 11.0 Å². The van der Waals surface area contributed by atoms with E-state index in [9.17, 15) is 13.2 Å². The zero-order valence-electron chi connectivity index (χ0n) is 21.3. The smallest absolute Gasteiger partial charge is 0.298 e. The zero-order chi connectivity index (χ0) is 27.5. The number of furan rings is 1. The number of nitrogens with zero attached hydrogens (tertiary/aromatic N) is 1. The van der Waals surface area contributed by atoms with Crippen molar-refractivity contribution in [3.63, 3.8) is 0 Å². The van der Waals surface area contributed by atoms with Crippen LogP contribution >= 0.6 is 0 Å². The maximum atomic E-state index is 12.9. The third-order valence-corrected chi connectivity index (χ3v) is 5.26. The van der Waals surface area contributed by atoms with Gasteiger partial charge in [-0.2, -0.15) is 8.42 Å². The Balaban J connectivity index is 0.00000205. The highest BCUT2D eigenvalue weighted by Crippen LogP contribution is 2.29. The van der Waals surface area contributed by atoms with Crippen molar-refractivity contribution in [3.8, 4) is 0 Å². The van der Waals surface area contributed by atoms with Crippen LogP contribution in [-0.4, -0.2) is 27.3 Å². The van der Waals surface area contributed by atoms with Gasteiger partial charge in [-0.25, -0.2) is 9.86 Å². The molecule has 196 valence electrons. The van der Waals surface area contributed by atoms with Crippen molar-refractivity contribution in [3.05, 3.63) is 83.8 Å². The number of nitrogens with one attached hydrogen (secondary N) is 2. The summed E-state index contributed by atoms with van der Waals surface area (Å²) in [7, 11) is -2.90. The summed E-state index contributed by atoms with van der Waals surface area (Å²) in [5, 5.41) is 12.5. The summed E-state index contributed by atoms with van der Waals surface area (Å²) < 4.78 is 30.5. The van der Waals surface area contributed by atoms with E-state index in [1.165, 1.54) is 7.11 Å². The molecule has 0 saturated carbocycles. The fourth-order valence-corrected chi connectivity index (χ4v) is 3.59. The van der Waals surface area contributed by atoms with Gasteiger partial charge in [0.25, 0.3) is 16.1 Å². The van der Waals surface area contributed by atoms with E-state index in [1.807, 2.05) is 25.5 Å². The molecule has 0 bridgehead atoms. The summed E-state index contributed by atoms with van der Waals surface area (Å²) in [6.07, 6.45) is 8.95. The predicted molar refractivity (Wildman–Crippen MR) is 144 cm³/mol. The molecule has 0 spiro atoms. The van der Waals surface area contributed by atoms with Crippen molar-refractivity contribution in [2.24, 2.45) is 16.0 Å². The first kappa shape index (κ1) is 30.2. The van der Waals surface area contributed by atoms with Crippen molar-refractivity contribution >= 4 is 32.9 Å². The number of allylic oxidation sites excluding steroid dienone is 3. The van der Waals surface area contributed by atoms with Gasteiger partial charge in [0.15, 0.2) is 5.84 Å². The number of nitrogens with two attached hydrogens (primary N) is 2. The molecule has 0 aliphatic carbocycles. The Morgan fingerprint density at radius 3 is 2.47 bits per heavy atom. The Bertz CT molecular complexity index is 1290. The van der Waals surface area contributed by atoms with E-state index < -0.39 is 22.2 Å². The van der Waals surface area contributed by atoms with Crippen molar-refractivity contribution in [1.82, 2.24) is 10.0 Å². The molecule has 1 amide bonds. The topological polar surface area (TPSA) is 162 Å². The first-order chi connectivity index (χ1) is 16.9. The molecule has 1 aromatic carbocycles. The number of amidine groups is 1. The third kappa shape index (κ3) is 8.75. The lowest BCUT2D eigenvalue weighted by molar-refractivity contribution is -0.121. The van der Waals surface area contributed by atoms with Gasteiger partial charge in [0.2, 0.25) is 0 Å². The van der Waals surface area contributed by atoms with Crippen LogP contribution in [0.4, 0.5) is 0 Å². The van der Waals surface area contributed by atoms with E-state index in [0.29, 0.717) is 28.8 Å². The second-order valence-corrected chi connectivity index (χ2v) is 8.88. The van der Waals surface area contributed by atoms with Crippen molar-refractivity contribution in [1.29, 1.82) is 0 Å². The minimum absolute atomic E-state index is 0.154. The van der Waals surface area contributed by atoms with Crippen molar-refractivity contribution in [2.45, 2.75) is 40.2 Å². The summed E-state index contributed by atoms with van der Waals surface area (Å²) in [4.78, 5) is 17.5. The van der Waals surface area contributed by atoms with E-state index in [4.69, 9.17) is 15.3 Å². The number of amides is 1. The number of benzene rings is 1. The van der Waals surface area contributed by atoms with Gasteiger partial charge in [0.1, 0.15) is 18.7 Å². The van der Waals surface area contributed by atoms with Gasteiger partial charge < -0.3 is 20.3 Å². The number of hydrogen-bond acceptors (Lipinski definition) is 7. The van der Waals surface area contributed by atoms with Crippen molar-refractivity contribution < 1.29 is 22.5 Å². The SMILES string of the molecule is C=C(\C=C/C(=C\C)C(/N)=N\OC)NC(C(=O)NS(N)(=O)=O)c1cc(CC)c2occ(C)c2c1.C=CC. The minimum atomic E-state index is -4.28. The molecule has 0 saturated heterocycles. The number of oxime groups is 1. The lowest BCUT2D eigenvalue weighted by atomic mass is 9.98. The average molecular weight is 518 g/mol. The van der Waals surface area contributed by atoms with E-state index in [0.717, 1.165) is 16.5 Å². The molecule has 2 aromatic rings. The maximum Gasteiger partial charge on any atom is 0.298 e. The summed E-state index contributed by atoms with van der Waals surface area (Å²) in [6, 6.07) is 2.44. The zero-order valence-corrected chi connectivity index (χ0v) is 22.1. The molecule has 1 atom stereocenters. The number of aryl methyl sites for hydroxylation is 2. The number of carbonyl (C=O) groups excluding carboxylic acids is 1. The molecule has 1 unspecified atom stereocenters. The van der Waals surface area contributed by atoms with Gasteiger partial charge in [-0.05, 0) is 68.2 Å². The van der Waals surface area contributed by atoms with Gasteiger partial charge in [-0.15, -0.1) is 6.58 Å². The van der Waals surface area contributed by atoms with Gasteiger partial charge in [-0.3, -0.25) is 4.79 Å². The fraction of sp³-hybridized carbons (Fsp3) is 0.280. The van der Waals surface area contributed by atoms with E-state index in [2.05, 4.69) is 28.5 Å². The number of rotatable bonds is 10. The molecule has 0 aliphatic rings.